The Morgan fingerprint density at radius 3 is 2.00 bits per heavy atom. The first kappa shape index (κ1) is 15.7. The van der Waals surface area contributed by atoms with E-state index in [1.54, 1.807) is 0 Å². The normalized spacial score (nSPS) is 16.9. The number of carbonyl (C=O) groups is 2. The zero-order chi connectivity index (χ0) is 13.5. The second-order valence-electron chi connectivity index (χ2n) is 3.67. The maximum absolute atomic E-state index is 10.6. The molecule has 0 bridgehead atoms. The van der Waals surface area contributed by atoms with E-state index in [1.165, 1.54) is 0 Å². The number of carboxylic acid groups (broad SMARTS) is 1. The molecule has 5 nitrogen and oxygen atoms in total. The number of hydrogen-bond acceptors (Lipinski definition) is 3. The number of carbonyl (C=O) groups excluding carboxylic acids is 1. The maximum atomic E-state index is 10.6. The number of alkyl halides is 3. The molecule has 0 atom stereocenters. The minimum atomic E-state index is -5.08. The number of nitrogens with two attached hydrogens (primary N) is 1. The van der Waals surface area contributed by atoms with E-state index in [-0.39, 0.29) is 5.91 Å². The van der Waals surface area contributed by atoms with Gasteiger partial charge in [0, 0.05) is 6.42 Å². The van der Waals surface area contributed by atoms with Gasteiger partial charge in [0.05, 0.1) is 0 Å². The summed E-state index contributed by atoms with van der Waals surface area (Å²) in [5.74, 6) is -2.38. The number of piperidine rings is 1. The molecule has 0 aliphatic carbocycles. The quantitative estimate of drug-likeness (QED) is 0.670. The third kappa shape index (κ3) is 8.49. The summed E-state index contributed by atoms with van der Waals surface area (Å²) in [6.07, 6.45) is -2.31. The smallest absolute Gasteiger partial charge is 0.475 e. The topological polar surface area (TPSA) is 92.4 Å². The van der Waals surface area contributed by atoms with Crippen molar-refractivity contribution in [3.05, 3.63) is 0 Å². The van der Waals surface area contributed by atoms with Gasteiger partial charge in [-0.2, -0.15) is 13.2 Å². The third-order valence-corrected chi connectivity index (χ3v) is 2.19. The standard InChI is InChI=1S/C7H14N2O.C2HF3O2/c8-7(10)5-6-1-3-9-4-2-6;3-2(4,5)1(6)7/h6,9H,1-5H2,(H2,8,10);(H,6,7). The maximum Gasteiger partial charge on any atom is 0.490 e. The Morgan fingerprint density at radius 1 is 1.29 bits per heavy atom. The molecule has 0 aromatic carbocycles. The Morgan fingerprint density at radius 2 is 1.71 bits per heavy atom. The van der Waals surface area contributed by atoms with Gasteiger partial charge in [0.2, 0.25) is 5.91 Å². The van der Waals surface area contributed by atoms with Gasteiger partial charge in [-0.3, -0.25) is 4.79 Å². The van der Waals surface area contributed by atoms with Crippen molar-refractivity contribution in [2.75, 3.05) is 13.1 Å². The van der Waals surface area contributed by atoms with E-state index in [9.17, 15) is 18.0 Å². The Labute approximate surface area is 96.2 Å². The highest BCUT2D eigenvalue weighted by Gasteiger charge is 2.38. The summed E-state index contributed by atoms with van der Waals surface area (Å²) < 4.78 is 31.7. The van der Waals surface area contributed by atoms with Crippen molar-refractivity contribution in [2.24, 2.45) is 11.7 Å². The third-order valence-electron chi connectivity index (χ3n) is 2.19. The van der Waals surface area contributed by atoms with E-state index in [1.807, 2.05) is 0 Å². The summed E-state index contributed by atoms with van der Waals surface area (Å²) in [4.78, 5) is 19.4. The second-order valence-corrected chi connectivity index (χ2v) is 3.67. The van der Waals surface area contributed by atoms with E-state index in [2.05, 4.69) is 5.32 Å². The monoisotopic (exact) mass is 256 g/mol. The number of hydrogen-bond donors (Lipinski definition) is 3. The molecule has 1 fully saturated rings. The first-order chi connectivity index (χ1) is 7.73. The molecule has 1 aliphatic heterocycles. The van der Waals surface area contributed by atoms with E-state index in [0.717, 1.165) is 25.9 Å². The molecule has 1 amide bonds. The van der Waals surface area contributed by atoms with Gasteiger partial charge in [0.1, 0.15) is 0 Å². The van der Waals surface area contributed by atoms with E-state index >= 15 is 0 Å². The van der Waals surface area contributed by atoms with Crippen LogP contribution in [0, 0.1) is 5.92 Å². The van der Waals surface area contributed by atoms with Gasteiger partial charge in [-0.25, -0.2) is 4.79 Å². The van der Waals surface area contributed by atoms with E-state index in [0.29, 0.717) is 12.3 Å². The van der Waals surface area contributed by atoms with Gasteiger partial charge in [-0.1, -0.05) is 0 Å². The zero-order valence-electron chi connectivity index (χ0n) is 9.09. The lowest BCUT2D eigenvalue weighted by atomic mass is 9.95. The van der Waals surface area contributed by atoms with E-state index < -0.39 is 12.1 Å². The summed E-state index contributed by atoms with van der Waals surface area (Å²) in [5, 5.41) is 10.4. The van der Waals surface area contributed by atoms with Crippen LogP contribution in [0.1, 0.15) is 19.3 Å². The summed E-state index contributed by atoms with van der Waals surface area (Å²) in [6, 6.07) is 0. The number of rotatable bonds is 2. The molecule has 4 N–H and O–H groups in total. The van der Waals surface area contributed by atoms with Gasteiger partial charge in [0.25, 0.3) is 0 Å². The lowest BCUT2D eigenvalue weighted by molar-refractivity contribution is -0.192. The van der Waals surface area contributed by atoms with Gasteiger partial charge < -0.3 is 16.2 Å². The number of amides is 1. The molecule has 0 radical (unpaired) electrons. The van der Waals surface area contributed by atoms with Gasteiger partial charge in [-0.05, 0) is 31.8 Å². The molecule has 0 unspecified atom stereocenters. The van der Waals surface area contributed by atoms with Crippen LogP contribution in [0.15, 0.2) is 0 Å². The minimum Gasteiger partial charge on any atom is -0.475 e. The lowest BCUT2D eigenvalue weighted by Gasteiger charge is -2.20. The molecule has 1 saturated heterocycles. The van der Waals surface area contributed by atoms with E-state index in [4.69, 9.17) is 15.6 Å². The average molecular weight is 256 g/mol. The molecule has 0 spiro atoms. The van der Waals surface area contributed by atoms with Crippen LogP contribution in [0.4, 0.5) is 13.2 Å². The van der Waals surface area contributed by atoms with Crippen LogP contribution in [0.3, 0.4) is 0 Å². The fourth-order valence-corrected chi connectivity index (χ4v) is 1.37. The predicted molar refractivity (Wildman–Crippen MR) is 53.1 cm³/mol. The van der Waals surface area contributed by atoms with Crippen molar-refractivity contribution < 1.29 is 27.9 Å². The Balaban J connectivity index is 0.000000325. The van der Waals surface area contributed by atoms with Gasteiger partial charge >= 0.3 is 12.1 Å². The van der Waals surface area contributed by atoms with Crippen LogP contribution < -0.4 is 11.1 Å². The molecule has 0 saturated carbocycles. The SMILES string of the molecule is NC(=O)CC1CCNCC1.O=C(O)C(F)(F)F. The number of aliphatic carboxylic acids is 1. The number of carboxylic acids is 1. The fraction of sp³-hybridized carbons (Fsp3) is 0.778. The van der Waals surface area contributed by atoms with Gasteiger partial charge in [-0.15, -0.1) is 0 Å². The lowest BCUT2D eigenvalue weighted by Crippen LogP contribution is -2.30. The Hall–Kier alpha value is -1.31. The fourth-order valence-electron chi connectivity index (χ4n) is 1.37. The highest BCUT2D eigenvalue weighted by atomic mass is 19.4. The molecular formula is C9H15F3N2O3. The van der Waals surface area contributed by atoms with Crippen molar-refractivity contribution >= 4 is 11.9 Å². The summed E-state index contributed by atoms with van der Waals surface area (Å²) >= 11 is 0. The van der Waals surface area contributed by atoms with Gasteiger partial charge in [0.15, 0.2) is 0 Å². The van der Waals surface area contributed by atoms with Crippen molar-refractivity contribution in [3.8, 4) is 0 Å². The van der Waals surface area contributed by atoms with Crippen molar-refractivity contribution in [1.82, 2.24) is 5.32 Å². The van der Waals surface area contributed by atoms with Crippen molar-refractivity contribution in [3.63, 3.8) is 0 Å². The molecule has 1 heterocycles. The second kappa shape index (κ2) is 7.10. The number of primary amides is 1. The first-order valence-electron chi connectivity index (χ1n) is 5.02. The summed E-state index contributed by atoms with van der Waals surface area (Å²) in [5.41, 5.74) is 5.06. The highest BCUT2D eigenvalue weighted by molar-refractivity contribution is 5.74. The Bertz CT molecular complexity index is 263. The molecule has 100 valence electrons. The van der Waals surface area contributed by atoms with Crippen LogP contribution >= 0.6 is 0 Å². The largest absolute Gasteiger partial charge is 0.490 e. The zero-order valence-corrected chi connectivity index (χ0v) is 9.09. The highest BCUT2D eigenvalue weighted by Crippen LogP contribution is 2.14. The van der Waals surface area contributed by atoms with Crippen LogP contribution in [0.25, 0.3) is 0 Å². The predicted octanol–water partition coefficient (Wildman–Crippen LogP) is 0.495. The molecule has 0 aromatic heterocycles. The molecule has 1 aliphatic rings. The molecule has 8 heteroatoms. The first-order valence-corrected chi connectivity index (χ1v) is 5.02. The molecular weight excluding hydrogens is 241 g/mol. The number of halogens is 3. The minimum absolute atomic E-state index is 0.160. The van der Waals surface area contributed by atoms with Crippen LogP contribution in [-0.4, -0.2) is 36.2 Å². The van der Waals surface area contributed by atoms with Crippen LogP contribution in [0.5, 0.6) is 0 Å². The molecule has 0 aromatic rings. The average Bonchev–Trinajstić information content (AvgIpc) is 2.17. The van der Waals surface area contributed by atoms with Crippen LogP contribution in [-0.2, 0) is 9.59 Å². The van der Waals surface area contributed by atoms with Crippen molar-refractivity contribution in [1.29, 1.82) is 0 Å². The summed E-state index contributed by atoms with van der Waals surface area (Å²) in [7, 11) is 0. The van der Waals surface area contributed by atoms with Crippen LogP contribution in [0.2, 0.25) is 0 Å². The number of nitrogens with one attached hydrogen (secondary N) is 1. The summed E-state index contributed by atoms with van der Waals surface area (Å²) in [6.45, 7) is 2.08. The molecule has 1 rings (SSSR count). The van der Waals surface area contributed by atoms with Crippen molar-refractivity contribution in [2.45, 2.75) is 25.4 Å². The Kier molecular flexibility index (Phi) is 6.55. The molecule has 17 heavy (non-hydrogen) atoms.